The van der Waals surface area contributed by atoms with E-state index in [4.69, 9.17) is 4.74 Å². The molecule has 0 heterocycles. The van der Waals surface area contributed by atoms with Crippen molar-refractivity contribution in [2.45, 2.75) is 39.2 Å². The summed E-state index contributed by atoms with van der Waals surface area (Å²) in [6, 6.07) is 6.47. The van der Waals surface area contributed by atoms with Gasteiger partial charge in [-0.25, -0.2) is 9.18 Å². The second kappa shape index (κ2) is 7.76. The number of halogens is 1. The van der Waals surface area contributed by atoms with Gasteiger partial charge in [0.05, 0.1) is 0 Å². The molecule has 1 aromatic carbocycles. The van der Waals surface area contributed by atoms with Crippen LogP contribution in [0.25, 0.3) is 0 Å². The Morgan fingerprint density at radius 1 is 1.38 bits per heavy atom. The fourth-order valence-corrected chi connectivity index (χ4v) is 1.79. The summed E-state index contributed by atoms with van der Waals surface area (Å²) in [4.78, 5) is 22.5. The van der Waals surface area contributed by atoms with Gasteiger partial charge >= 0.3 is 6.09 Å². The van der Waals surface area contributed by atoms with Crippen molar-refractivity contribution in [2.75, 3.05) is 6.54 Å². The number of rotatable bonds is 6. The zero-order valence-corrected chi connectivity index (χ0v) is 12.7. The minimum absolute atomic E-state index is 0.187. The van der Waals surface area contributed by atoms with Crippen LogP contribution >= 0.6 is 0 Å². The zero-order chi connectivity index (χ0) is 15.9. The van der Waals surface area contributed by atoms with E-state index in [2.05, 4.69) is 5.32 Å². The van der Waals surface area contributed by atoms with Crippen molar-refractivity contribution >= 4 is 12.4 Å². The molecule has 0 aliphatic carbocycles. The third kappa shape index (κ3) is 6.88. The first-order valence-corrected chi connectivity index (χ1v) is 6.97. The number of nitrogens with one attached hydrogen (secondary N) is 1. The smallest absolute Gasteiger partial charge is 0.407 e. The first kappa shape index (κ1) is 17.1. The summed E-state index contributed by atoms with van der Waals surface area (Å²) in [6.45, 7) is 5.48. The fraction of sp³-hybridized carbons (Fsp3) is 0.500. The molecule has 0 fully saturated rings. The van der Waals surface area contributed by atoms with Crippen LogP contribution in [0.3, 0.4) is 0 Å². The number of aryl methyl sites for hydroxylation is 1. The first-order valence-electron chi connectivity index (χ1n) is 6.97. The van der Waals surface area contributed by atoms with Crippen molar-refractivity contribution in [1.82, 2.24) is 5.32 Å². The fourth-order valence-electron chi connectivity index (χ4n) is 1.79. The van der Waals surface area contributed by atoms with E-state index in [-0.39, 0.29) is 18.3 Å². The second-order valence-corrected chi connectivity index (χ2v) is 5.91. The lowest BCUT2D eigenvalue weighted by atomic mass is 10.0. The molecule has 0 spiro atoms. The lowest BCUT2D eigenvalue weighted by Gasteiger charge is -2.20. The molecule has 0 radical (unpaired) electrons. The Balaban J connectivity index is 2.41. The first-order chi connectivity index (χ1) is 9.81. The molecule has 0 saturated carbocycles. The van der Waals surface area contributed by atoms with Gasteiger partial charge in [-0.05, 0) is 45.2 Å². The number of hydrogen-bond donors (Lipinski definition) is 1. The lowest BCUT2D eigenvalue weighted by Crippen LogP contribution is -2.35. The number of hydrogen-bond acceptors (Lipinski definition) is 3. The minimum Gasteiger partial charge on any atom is -0.444 e. The van der Waals surface area contributed by atoms with Crippen molar-refractivity contribution in [2.24, 2.45) is 5.92 Å². The highest BCUT2D eigenvalue weighted by Crippen LogP contribution is 2.12. The third-order valence-corrected chi connectivity index (χ3v) is 2.84. The lowest BCUT2D eigenvalue weighted by molar-refractivity contribution is -0.111. The molecule has 5 heteroatoms. The van der Waals surface area contributed by atoms with Gasteiger partial charge in [0.1, 0.15) is 17.7 Å². The second-order valence-electron chi connectivity index (χ2n) is 5.91. The average Bonchev–Trinajstić information content (AvgIpc) is 2.38. The highest BCUT2D eigenvalue weighted by molar-refractivity contribution is 5.68. The largest absolute Gasteiger partial charge is 0.444 e. The van der Waals surface area contributed by atoms with Crippen molar-refractivity contribution in [3.63, 3.8) is 0 Å². The van der Waals surface area contributed by atoms with Gasteiger partial charge in [-0.1, -0.05) is 18.2 Å². The molecule has 0 bridgehead atoms. The van der Waals surface area contributed by atoms with E-state index in [9.17, 15) is 14.0 Å². The van der Waals surface area contributed by atoms with Crippen LogP contribution < -0.4 is 5.32 Å². The maximum Gasteiger partial charge on any atom is 0.407 e. The van der Waals surface area contributed by atoms with Gasteiger partial charge in [0.15, 0.2) is 0 Å². The SMILES string of the molecule is CC(C)(C)OC(=O)NCC(C=O)CCc1ccccc1F. The summed E-state index contributed by atoms with van der Waals surface area (Å²) in [5, 5.41) is 2.55. The molecular formula is C16H22FNO3. The summed E-state index contributed by atoms with van der Waals surface area (Å²) < 4.78 is 18.6. The molecule has 116 valence electrons. The molecule has 0 aliphatic heterocycles. The average molecular weight is 295 g/mol. The molecule has 1 unspecified atom stereocenters. The highest BCUT2D eigenvalue weighted by atomic mass is 19.1. The van der Waals surface area contributed by atoms with Crippen molar-refractivity contribution in [3.8, 4) is 0 Å². The minimum atomic E-state index is -0.575. The van der Waals surface area contributed by atoms with Gasteiger partial charge in [0.25, 0.3) is 0 Å². The molecule has 0 aliphatic rings. The predicted molar refractivity (Wildman–Crippen MR) is 78.5 cm³/mol. The molecule has 1 rings (SSSR count). The van der Waals surface area contributed by atoms with Crippen molar-refractivity contribution in [3.05, 3.63) is 35.6 Å². The number of alkyl carbamates (subject to hydrolysis) is 1. The Bertz CT molecular complexity index is 483. The van der Waals surface area contributed by atoms with Crippen LogP contribution in [-0.2, 0) is 16.0 Å². The van der Waals surface area contributed by atoms with Crippen LogP contribution in [0.4, 0.5) is 9.18 Å². The van der Waals surface area contributed by atoms with Gasteiger partial charge in [-0.15, -0.1) is 0 Å². The molecule has 1 atom stereocenters. The Labute approximate surface area is 124 Å². The molecule has 1 amide bonds. The van der Waals surface area contributed by atoms with Gasteiger partial charge in [-0.2, -0.15) is 0 Å². The number of carbonyl (C=O) groups is 2. The Morgan fingerprint density at radius 2 is 2.05 bits per heavy atom. The quantitative estimate of drug-likeness (QED) is 0.820. The van der Waals surface area contributed by atoms with Gasteiger partial charge in [0.2, 0.25) is 0 Å². The summed E-state index contributed by atoms with van der Waals surface area (Å²) in [5.41, 5.74) is -0.00453. The van der Waals surface area contributed by atoms with Crippen LogP contribution in [-0.4, -0.2) is 24.5 Å². The predicted octanol–water partition coefficient (Wildman–Crippen LogP) is 3.10. The summed E-state index contributed by atoms with van der Waals surface area (Å²) in [7, 11) is 0. The molecule has 1 N–H and O–H groups in total. The van der Waals surface area contributed by atoms with Crippen molar-refractivity contribution < 1.29 is 18.7 Å². The molecule has 0 aromatic heterocycles. The maximum absolute atomic E-state index is 13.5. The van der Waals surface area contributed by atoms with E-state index in [1.54, 1.807) is 39.0 Å². The zero-order valence-electron chi connectivity index (χ0n) is 12.7. The summed E-state index contributed by atoms with van der Waals surface area (Å²) >= 11 is 0. The van der Waals surface area contributed by atoms with E-state index in [0.29, 0.717) is 18.4 Å². The number of amides is 1. The van der Waals surface area contributed by atoms with Crippen LogP contribution in [0.5, 0.6) is 0 Å². The molecular weight excluding hydrogens is 273 g/mol. The van der Waals surface area contributed by atoms with Gasteiger partial charge in [0, 0.05) is 12.5 Å². The van der Waals surface area contributed by atoms with Crippen LogP contribution in [0.15, 0.2) is 24.3 Å². The topological polar surface area (TPSA) is 55.4 Å². The van der Waals surface area contributed by atoms with Crippen LogP contribution in [0.1, 0.15) is 32.8 Å². The van der Waals surface area contributed by atoms with E-state index >= 15 is 0 Å². The normalized spacial score (nSPS) is 12.6. The molecule has 4 nitrogen and oxygen atoms in total. The van der Waals surface area contributed by atoms with Gasteiger partial charge in [-0.3, -0.25) is 0 Å². The number of carbonyl (C=O) groups excluding carboxylic acids is 2. The van der Waals surface area contributed by atoms with Gasteiger partial charge < -0.3 is 14.8 Å². The Morgan fingerprint density at radius 3 is 2.62 bits per heavy atom. The standard InChI is InChI=1S/C16H22FNO3/c1-16(2,3)21-15(20)18-10-12(11-19)8-9-13-6-4-5-7-14(13)17/h4-7,11-12H,8-10H2,1-3H3,(H,18,20). The summed E-state index contributed by atoms with van der Waals surface area (Å²) in [6.07, 6.45) is 1.14. The molecule has 1 aromatic rings. The summed E-state index contributed by atoms with van der Waals surface area (Å²) in [5.74, 6) is -0.639. The Kier molecular flexibility index (Phi) is 6.34. The third-order valence-electron chi connectivity index (χ3n) is 2.84. The molecule has 21 heavy (non-hydrogen) atoms. The van der Waals surface area contributed by atoms with Crippen molar-refractivity contribution in [1.29, 1.82) is 0 Å². The number of ether oxygens (including phenoxy) is 1. The van der Waals surface area contributed by atoms with E-state index in [0.717, 1.165) is 6.29 Å². The van der Waals surface area contributed by atoms with E-state index < -0.39 is 11.7 Å². The number of benzene rings is 1. The highest BCUT2D eigenvalue weighted by Gasteiger charge is 2.17. The number of aldehydes is 1. The van der Waals surface area contributed by atoms with Crippen LogP contribution in [0, 0.1) is 11.7 Å². The molecule has 0 saturated heterocycles. The van der Waals surface area contributed by atoms with Crippen LogP contribution in [0.2, 0.25) is 0 Å². The Hall–Kier alpha value is -1.91. The maximum atomic E-state index is 13.5. The monoisotopic (exact) mass is 295 g/mol. The van der Waals surface area contributed by atoms with E-state index in [1.807, 2.05) is 0 Å². The van der Waals surface area contributed by atoms with E-state index in [1.165, 1.54) is 6.07 Å².